The Labute approximate surface area is 211 Å². The Morgan fingerprint density at radius 2 is 1.70 bits per heavy atom. The molecule has 3 aromatic rings. The number of aromatic nitrogens is 1. The van der Waals surface area contributed by atoms with E-state index in [1.807, 2.05) is 30.3 Å². The molecule has 1 aromatic heterocycles. The summed E-state index contributed by atoms with van der Waals surface area (Å²) in [6.07, 6.45) is -2.61. The van der Waals surface area contributed by atoms with E-state index in [0.717, 1.165) is 5.56 Å². The molecule has 0 aliphatic carbocycles. The van der Waals surface area contributed by atoms with Gasteiger partial charge in [-0.2, -0.15) is 0 Å². The van der Waals surface area contributed by atoms with Crippen LogP contribution in [0.2, 0.25) is 0 Å². The molecule has 8 nitrogen and oxygen atoms in total. The van der Waals surface area contributed by atoms with Crippen LogP contribution in [0.5, 0.6) is 11.5 Å². The number of urea groups is 1. The highest BCUT2D eigenvalue weighted by molar-refractivity contribution is 5.96. The Balaban J connectivity index is 1.25. The molecule has 1 aliphatic rings. The Kier molecular flexibility index (Phi) is 8.11. The number of piperidine rings is 1. The number of likely N-dealkylation sites (tertiary alicyclic amines) is 1. The molecule has 1 saturated heterocycles. The van der Waals surface area contributed by atoms with Crippen LogP contribution in [0, 0.1) is 0 Å². The molecular formula is C26H25F3N4O4. The number of hydrogen-bond donors (Lipinski definition) is 2. The maximum atomic E-state index is 12.7. The van der Waals surface area contributed by atoms with Gasteiger partial charge in [0, 0.05) is 50.3 Å². The summed E-state index contributed by atoms with van der Waals surface area (Å²) in [6, 6.07) is 17.5. The zero-order valence-corrected chi connectivity index (χ0v) is 19.7. The first-order chi connectivity index (χ1) is 17.7. The lowest BCUT2D eigenvalue weighted by Crippen LogP contribution is -2.43. The second kappa shape index (κ2) is 11.6. The van der Waals surface area contributed by atoms with Crippen molar-refractivity contribution in [1.82, 2.24) is 15.2 Å². The summed E-state index contributed by atoms with van der Waals surface area (Å²) in [5, 5.41) is 5.54. The van der Waals surface area contributed by atoms with Crippen LogP contribution in [-0.4, -0.2) is 47.4 Å². The fourth-order valence-electron chi connectivity index (χ4n) is 3.82. The normalized spacial score (nSPS) is 14.1. The van der Waals surface area contributed by atoms with E-state index >= 15 is 0 Å². The van der Waals surface area contributed by atoms with Gasteiger partial charge < -0.3 is 19.7 Å². The van der Waals surface area contributed by atoms with E-state index in [2.05, 4.69) is 20.4 Å². The van der Waals surface area contributed by atoms with Gasteiger partial charge in [-0.15, -0.1) is 13.2 Å². The number of alkyl halides is 3. The summed E-state index contributed by atoms with van der Waals surface area (Å²) in [5.41, 5.74) is 1.33. The van der Waals surface area contributed by atoms with Crippen molar-refractivity contribution in [1.29, 1.82) is 0 Å². The second-order valence-corrected chi connectivity index (χ2v) is 8.36. The molecule has 2 heterocycles. The average molecular weight is 515 g/mol. The van der Waals surface area contributed by atoms with E-state index in [9.17, 15) is 22.8 Å². The Morgan fingerprint density at radius 3 is 2.43 bits per heavy atom. The van der Waals surface area contributed by atoms with Crippen molar-refractivity contribution in [3.8, 4) is 11.5 Å². The minimum Gasteiger partial charge on any atom is -0.490 e. The van der Waals surface area contributed by atoms with Gasteiger partial charge in [0.15, 0.2) is 0 Å². The van der Waals surface area contributed by atoms with Crippen LogP contribution in [0.15, 0.2) is 72.9 Å². The van der Waals surface area contributed by atoms with Gasteiger partial charge in [0.2, 0.25) is 0 Å². The molecule has 0 bridgehead atoms. The SMILES string of the molecule is O=C(NCc1ccccc1)c1ccnc(NC(=O)N2CCC(Oc3cccc(OC(F)(F)F)c3)CC2)c1. The summed E-state index contributed by atoms with van der Waals surface area (Å²) in [6.45, 7) is 1.14. The summed E-state index contributed by atoms with van der Waals surface area (Å²) in [4.78, 5) is 30.9. The largest absolute Gasteiger partial charge is 0.573 e. The fourth-order valence-corrected chi connectivity index (χ4v) is 3.82. The first kappa shape index (κ1) is 25.8. The first-order valence-corrected chi connectivity index (χ1v) is 11.6. The summed E-state index contributed by atoms with van der Waals surface area (Å²) in [7, 11) is 0. The maximum absolute atomic E-state index is 12.7. The molecule has 3 amide bonds. The number of nitrogens with one attached hydrogen (secondary N) is 2. The lowest BCUT2D eigenvalue weighted by molar-refractivity contribution is -0.274. The Hall–Kier alpha value is -4.28. The minimum atomic E-state index is -4.78. The van der Waals surface area contributed by atoms with Crippen LogP contribution in [0.1, 0.15) is 28.8 Å². The molecular weight excluding hydrogens is 489 g/mol. The smallest absolute Gasteiger partial charge is 0.490 e. The third-order valence-corrected chi connectivity index (χ3v) is 5.62. The standard InChI is InChI=1S/C26H25F3N4O4/c27-26(28,29)37-22-8-4-7-21(16-22)36-20-10-13-33(14-11-20)25(35)32-23-15-19(9-12-30-23)24(34)31-17-18-5-2-1-3-6-18/h1-9,12,15-16,20H,10-11,13-14,17H2,(H,31,34)(H,30,32,35). The average Bonchev–Trinajstić information content (AvgIpc) is 2.87. The Morgan fingerprint density at radius 1 is 0.973 bits per heavy atom. The molecule has 1 fully saturated rings. The topological polar surface area (TPSA) is 92.8 Å². The van der Waals surface area contributed by atoms with Crippen molar-refractivity contribution in [2.45, 2.75) is 31.9 Å². The molecule has 0 atom stereocenters. The molecule has 0 saturated carbocycles. The van der Waals surface area contributed by atoms with E-state index in [4.69, 9.17) is 4.74 Å². The predicted molar refractivity (Wildman–Crippen MR) is 129 cm³/mol. The van der Waals surface area contributed by atoms with Gasteiger partial charge in [0.25, 0.3) is 5.91 Å². The van der Waals surface area contributed by atoms with Crippen LogP contribution in [0.25, 0.3) is 0 Å². The molecule has 37 heavy (non-hydrogen) atoms. The van der Waals surface area contributed by atoms with E-state index < -0.39 is 6.36 Å². The molecule has 0 radical (unpaired) electrons. The maximum Gasteiger partial charge on any atom is 0.573 e. The number of pyridine rings is 1. The van der Waals surface area contributed by atoms with Crippen LogP contribution >= 0.6 is 0 Å². The third-order valence-electron chi connectivity index (χ3n) is 5.62. The lowest BCUT2D eigenvalue weighted by Gasteiger charge is -2.32. The molecule has 0 spiro atoms. The van der Waals surface area contributed by atoms with Gasteiger partial charge in [-0.05, 0) is 29.8 Å². The van der Waals surface area contributed by atoms with Crippen molar-refractivity contribution in [2.75, 3.05) is 18.4 Å². The number of anilines is 1. The summed E-state index contributed by atoms with van der Waals surface area (Å²) < 4.78 is 47.0. The highest BCUT2D eigenvalue weighted by atomic mass is 19.4. The second-order valence-electron chi connectivity index (χ2n) is 8.36. The van der Waals surface area contributed by atoms with Crippen LogP contribution in [0.4, 0.5) is 23.8 Å². The van der Waals surface area contributed by atoms with E-state index in [1.165, 1.54) is 30.5 Å². The summed E-state index contributed by atoms with van der Waals surface area (Å²) >= 11 is 0. The van der Waals surface area contributed by atoms with Crippen LogP contribution < -0.4 is 20.1 Å². The molecule has 1 aliphatic heterocycles. The van der Waals surface area contributed by atoms with E-state index in [-0.39, 0.29) is 35.4 Å². The van der Waals surface area contributed by atoms with Crippen molar-refractivity contribution < 1.29 is 32.2 Å². The molecule has 2 N–H and O–H groups in total. The molecule has 2 aromatic carbocycles. The van der Waals surface area contributed by atoms with Gasteiger partial charge in [0.1, 0.15) is 23.4 Å². The number of benzene rings is 2. The number of carbonyl (C=O) groups excluding carboxylic acids is 2. The fraction of sp³-hybridized carbons (Fsp3) is 0.269. The molecule has 0 unspecified atom stereocenters. The number of hydrogen-bond acceptors (Lipinski definition) is 5. The lowest BCUT2D eigenvalue weighted by atomic mass is 10.1. The first-order valence-electron chi connectivity index (χ1n) is 11.6. The minimum absolute atomic E-state index is 0.247. The van der Waals surface area contributed by atoms with Gasteiger partial charge in [-0.25, -0.2) is 9.78 Å². The molecule has 194 valence electrons. The van der Waals surface area contributed by atoms with Gasteiger partial charge >= 0.3 is 12.4 Å². The third kappa shape index (κ3) is 7.86. The number of carbonyl (C=O) groups is 2. The monoisotopic (exact) mass is 514 g/mol. The van der Waals surface area contributed by atoms with Gasteiger partial charge in [-0.3, -0.25) is 10.1 Å². The highest BCUT2D eigenvalue weighted by Gasteiger charge is 2.31. The van der Waals surface area contributed by atoms with E-state index in [1.54, 1.807) is 17.0 Å². The van der Waals surface area contributed by atoms with Crippen molar-refractivity contribution in [3.05, 3.63) is 84.1 Å². The quantitative estimate of drug-likeness (QED) is 0.464. The van der Waals surface area contributed by atoms with E-state index in [0.29, 0.717) is 38.0 Å². The molecule has 4 rings (SSSR count). The van der Waals surface area contributed by atoms with Gasteiger partial charge in [0.05, 0.1) is 0 Å². The predicted octanol–water partition coefficient (Wildman–Crippen LogP) is 4.99. The Bertz CT molecular complexity index is 1220. The number of halogens is 3. The van der Waals surface area contributed by atoms with Crippen molar-refractivity contribution in [3.63, 3.8) is 0 Å². The number of ether oxygens (including phenoxy) is 2. The van der Waals surface area contributed by atoms with Crippen LogP contribution in [-0.2, 0) is 6.54 Å². The molecule has 11 heteroatoms. The zero-order valence-electron chi connectivity index (χ0n) is 19.7. The zero-order chi connectivity index (χ0) is 26.3. The van der Waals surface area contributed by atoms with Crippen molar-refractivity contribution >= 4 is 17.8 Å². The highest BCUT2D eigenvalue weighted by Crippen LogP contribution is 2.28. The van der Waals surface area contributed by atoms with Gasteiger partial charge in [-0.1, -0.05) is 36.4 Å². The number of rotatable bonds is 7. The number of amides is 3. The van der Waals surface area contributed by atoms with Crippen molar-refractivity contribution in [2.24, 2.45) is 0 Å². The van der Waals surface area contributed by atoms with Crippen LogP contribution in [0.3, 0.4) is 0 Å². The number of nitrogens with zero attached hydrogens (tertiary/aromatic N) is 2. The summed E-state index contributed by atoms with van der Waals surface area (Å²) in [5.74, 6) is -0.136.